The number of benzene rings is 1. The summed E-state index contributed by atoms with van der Waals surface area (Å²) in [7, 11) is 0. The summed E-state index contributed by atoms with van der Waals surface area (Å²) in [6.07, 6.45) is -2.63. The van der Waals surface area contributed by atoms with Gasteiger partial charge in [-0.2, -0.15) is 18.3 Å². The third-order valence-electron chi connectivity index (χ3n) is 6.04. The number of hydrogen-bond donors (Lipinski definition) is 0. The van der Waals surface area contributed by atoms with E-state index >= 15 is 0 Å². The fourth-order valence-corrected chi connectivity index (χ4v) is 4.93. The van der Waals surface area contributed by atoms with Crippen LogP contribution in [0.5, 0.6) is 0 Å². The summed E-state index contributed by atoms with van der Waals surface area (Å²) >= 11 is 9.72. The van der Waals surface area contributed by atoms with Gasteiger partial charge in [0.1, 0.15) is 5.02 Å². The Morgan fingerprint density at radius 2 is 1.91 bits per heavy atom. The number of rotatable bonds is 2. The van der Waals surface area contributed by atoms with E-state index in [4.69, 9.17) is 11.6 Å². The van der Waals surface area contributed by atoms with Gasteiger partial charge in [-0.1, -0.05) is 39.7 Å². The Hall–Kier alpha value is -2.17. The summed E-state index contributed by atoms with van der Waals surface area (Å²) in [5, 5.41) is 3.81. The minimum atomic E-state index is -4.71. The van der Waals surface area contributed by atoms with Crippen LogP contribution in [0.2, 0.25) is 5.02 Å². The molecule has 1 amide bonds. The zero-order valence-electron chi connectivity index (χ0n) is 16.7. The molecule has 32 heavy (non-hydrogen) atoms. The van der Waals surface area contributed by atoms with Crippen LogP contribution in [0.25, 0.3) is 16.9 Å². The molecular formula is C21H18BrClF3N5O. The first-order chi connectivity index (χ1) is 15.2. The van der Waals surface area contributed by atoms with E-state index in [9.17, 15) is 18.0 Å². The fraction of sp³-hybridized carbons (Fsp3) is 0.381. The molecule has 0 saturated carbocycles. The summed E-state index contributed by atoms with van der Waals surface area (Å²) < 4.78 is 43.1. The second kappa shape index (κ2) is 8.00. The Bertz CT molecular complexity index is 1200. The van der Waals surface area contributed by atoms with Crippen LogP contribution in [0.15, 0.2) is 34.8 Å². The molecule has 0 radical (unpaired) electrons. The van der Waals surface area contributed by atoms with Gasteiger partial charge in [-0.3, -0.25) is 9.69 Å². The number of carbonyl (C=O) groups excluding carboxylic acids is 1. The van der Waals surface area contributed by atoms with Crippen LogP contribution in [0.4, 0.5) is 13.2 Å². The number of carbonyl (C=O) groups is 1. The quantitative estimate of drug-likeness (QED) is 0.482. The highest BCUT2D eigenvalue weighted by atomic mass is 79.9. The maximum Gasteiger partial charge on any atom is 0.433 e. The predicted octanol–water partition coefficient (Wildman–Crippen LogP) is 4.75. The first kappa shape index (κ1) is 21.7. The molecule has 4 heterocycles. The molecule has 2 aliphatic rings. The zero-order valence-corrected chi connectivity index (χ0v) is 19.1. The van der Waals surface area contributed by atoms with E-state index in [1.54, 1.807) is 29.2 Å². The lowest BCUT2D eigenvalue weighted by atomic mass is 10.1. The van der Waals surface area contributed by atoms with Crippen molar-refractivity contribution in [2.24, 2.45) is 0 Å². The fourth-order valence-electron chi connectivity index (χ4n) is 4.42. The van der Waals surface area contributed by atoms with Crippen molar-refractivity contribution >= 4 is 39.1 Å². The highest BCUT2D eigenvalue weighted by Crippen LogP contribution is 2.35. The van der Waals surface area contributed by atoms with Crippen molar-refractivity contribution in [2.45, 2.75) is 25.1 Å². The molecule has 2 fully saturated rings. The number of halogens is 5. The van der Waals surface area contributed by atoms with Gasteiger partial charge in [0.05, 0.1) is 5.69 Å². The molecule has 168 valence electrons. The van der Waals surface area contributed by atoms with Crippen LogP contribution in [0, 0.1) is 0 Å². The van der Waals surface area contributed by atoms with Crippen LogP contribution in [-0.2, 0) is 6.18 Å². The van der Waals surface area contributed by atoms with Gasteiger partial charge in [-0.05, 0) is 37.6 Å². The van der Waals surface area contributed by atoms with Crippen LogP contribution >= 0.6 is 27.5 Å². The lowest BCUT2D eigenvalue weighted by Gasteiger charge is -2.37. The summed E-state index contributed by atoms with van der Waals surface area (Å²) in [4.78, 5) is 21.5. The minimum absolute atomic E-state index is 0.0951. The van der Waals surface area contributed by atoms with Crippen molar-refractivity contribution in [1.82, 2.24) is 24.4 Å². The van der Waals surface area contributed by atoms with E-state index in [1.807, 2.05) is 0 Å². The Morgan fingerprint density at radius 3 is 2.62 bits per heavy atom. The zero-order chi connectivity index (χ0) is 22.6. The molecule has 2 aromatic heterocycles. The first-order valence-electron chi connectivity index (χ1n) is 10.2. The Kier molecular flexibility index (Phi) is 5.42. The predicted molar refractivity (Wildman–Crippen MR) is 117 cm³/mol. The second-order valence-corrected chi connectivity index (χ2v) is 9.31. The van der Waals surface area contributed by atoms with Crippen LogP contribution < -0.4 is 0 Å². The van der Waals surface area contributed by atoms with E-state index in [2.05, 4.69) is 30.9 Å². The molecule has 6 nitrogen and oxygen atoms in total. The number of amides is 1. The second-order valence-electron chi connectivity index (χ2n) is 8.01. The van der Waals surface area contributed by atoms with Gasteiger partial charge in [-0.25, -0.2) is 9.50 Å². The van der Waals surface area contributed by atoms with Gasteiger partial charge >= 0.3 is 6.18 Å². The van der Waals surface area contributed by atoms with Crippen molar-refractivity contribution in [3.8, 4) is 11.3 Å². The van der Waals surface area contributed by atoms with Crippen molar-refractivity contribution < 1.29 is 18.0 Å². The maximum atomic E-state index is 13.9. The van der Waals surface area contributed by atoms with Crippen LogP contribution in [0.3, 0.4) is 0 Å². The molecule has 3 aromatic rings. The average Bonchev–Trinajstić information content (AvgIpc) is 3.36. The highest BCUT2D eigenvalue weighted by Gasteiger charge is 2.38. The van der Waals surface area contributed by atoms with E-state index in [0.29, 0.717) is 23.2 Å². The van der Waals surface area contributed by atoms with Crippen molar-refractivity contribution in [3.63, 3.8) is 0 Å². The minimum Gasteiger partial charge on any atom is -0.334 e. The SMILES string of the molecule is O=C(c1nn2c(C(F)(F)F)cc(-c3ccc(Br)cc3)nc2c1Cl)N1CCN2CCC[C@H]2C1. The molecule has 5 rings (SSSR count). The highest BCUT2D eigenvalue weighted by molar-refractivity contribution is 9.10. The van der Waals surface area contributed by atoms with Gasteiger partial charge in [0.2, 0.25) is 0 Å². The molecule has 0 bridgehead atoms. The molecular weight excluding hydrogens is 511 g/mol. The summed E-state index contributed by atoms with van der Waals surface area (Å²) in [6, 6.07) is 7.93. The molecule has 2 saturated heterocycles. The smallest absolute Gasteiger partial charge is 0.334 e. The van der Waals surface area contributed by atoms with Gasteiger partial charge < -0.3 is 4.90 Å². The molecule has 0 aliphatic carbocycles. The number of fused-ring (bicyclic) bond motifs is 2. The molecule has 0 spiro atoms. The maximum absolute atomic E-state index is 13.9. The van der Waals surface area contributed by atoms with Gasteiger partial charge in [0, 0.05) is 35.7 Å². The van der Waals surface area contributed by atoms with Crippen molar-refractivity contribution in [1.29, 1.82) is 0 Å². The molecule has 11 heteroatoms. The van der Waals surface area contributed by atoms with E-state index in [-0.39, 0.29) is 28.1 Å². The molecule has 0 unspecified atom stereocenters. The number of aromatic nitrogens is 3. The Morgan fingerprint density at radius 1 is 1.16 bits per heavy atom. The number of hydrogen-bond acceptors (Lipinski definition) is 4. The Labute approximate surface area is 195 Å². The standard InChI is InChI=1S/C21H18BrClF3N5O/c22-13-5-3-12(4-6-13)15-10-16(21(24,25)26)31-19(27-15)17(23)18(28-31)20(32)30-9-8-29-7-1-2-14(29)11-30/h3-6,10,14H,1-2,7-9,11H2/t14-/m0/s1. The van der Waals surface area contributed by atoms with Crippen LogP contribution in [-0.4, -0.2) is 62.5 Å². The van der Waals surface area contributed by atoms with Crippen LogP contribution in [0.1, 0.15) is 29.0 Å². The molecule has 1 aromatic carbocycles. The third-order valence-corrected chi connectivity index (χ3v) is 6.92. The lowest BCUT2D eigenvalue weighted by Crippen LogP contribution is -2.52. The Balaban J connectivity index is 1.58. The molecule has 0 N–H and O–H groups in total. The van der Waals surface area contributed by atoms with Gasteiger partial charge in [0.25, 0.3) is 5.91 Å². The third kappa shape index (κ3) is 3.78. The van der Waals surface area contributed by atoms with Gasteiger partial charge in [-0.15, -0.1) is 0 Å². The van der Waals surface area contributed by atoms with Crippen molar-refractivity contribution in [2.75, 3.05) is 26.2 Å². The summed E-state index contributed by atoms with van der Waals surface area (Å²) in [6.45, 7) is 2.76. The lowest BCUT2D eigenvalue weighted by molar-refractivity contribution is -0.142. The van der Waals surface area contributed by atoms with E-state index < -0.39 is 17.8 Å². The molecule has 2 aliphatic heterocycles. The number of piperazine rings is 1. The summed E-state index contributed by atoms with van der Waals surface area (Å²) in [5.74, 6) is -0.467. The normalized spacial score (nSPS) is 19.5. The number of nitrogens with zero attached hydrogens (tertiary/aromatic N) is 5. The van der Waals surface area contributed by atoms with E-state index in [0.717, 1.165) is 36.5 Å². The van der Waals surface area contributed by atoms with Crippen molar-refractivity contribution in [3.05, 3.63) is 51.2 Å². The van der Waals surface area contributed by atoms with E-state index in [1.165, 1.54) is 0 Å². The largest absolute Gasteiger partial charge is 0.433 e. The number of alkyl halides is 3. The monoisotopic (exact) mass is 527 g/mol. The topological polar surface area (TPSA) is 53.7 Å². The first-order valence-corrected chi connectivity index (χ1v) is 11.3. The average molecular weight is 529 g/mol. The van der Waals surface area contributed by atoms with Gasteiger partial charge in [0.15, 0.2) is 17.0 Å². The summed E-state index contributed by atoms with van der Waals surface area (Å²) in [5.41, 5.74) is -0.852. The molecule has 1 atom stereocenters.